The molecule has 1 aromatic rings. The number of halogens is 1. The standard InChI is InChI=1S/C12H20BrN3OS/c1-11(2,3)9-8(18-16-15-9)10(17)14-7-12(4,5)6-13/h6-7H2,1-5H3,(H,14,17). The van der Waals surface area contributed by atoms with Crippen molar-refractivity contribution in [3.63, 3.8) is 0 Å². The second-order valence-corrected chi connectivity index (χ2v) is 7.50. The Balaban J connectivity index is 2.78. The Kier molecular flexibility index (Phi) is 4.89. The van der Waals surface area contributed by atoms with Gasteiger partial charge in [-0.15, -0.1) is 5.10 Å². The number of nitrogens with zero attached hydrogens (tertiary/aromatic N) is 2. The summed E-state index contributed by atoms with van der Waals surface area (Å²) in [7, 11) is 0. The molecule has 0 bridgehead atoms. The molecular weight excluding hydrogens is 314 g/mol. The van der Waals surface area contributed by atoms with Crippen molar-refractivity contribution < 1.29 is 4.79 Å². The zero-order chi connectivity index (χ0) is 14.0. The van der Waals surface area contributed by atoms with Gasteiger partial charge in [-0.25, -0.2) is 0 Å². The van der Waals surface area contributed by atoms with Gasteiger partial charge < -0.3 is 5.32 Å². The fourth-order valence-electron chi connectivity index (χ4n) is 1.28. The Morgan fingerprint density at radius 3 is 2.44 bits per heavy atom. The van der Waals surface area contributed by atoms with E-state index in [1.807, 2.05) is 20.8 Å². The van der Waals surface area contributed by atoms with Gasteiger partial charge in [0.05, 0.1) is 5.69 Å². The van der Waals surface area contributed by atoms with Gasteiger partial charge in [0.25, 0.3) is 5.91 Å². The van der Waals surface area contributed by atoms with Crippen molar-refractivity contribution >= 4 is 33.4 Å². The van der Waals surface area contributed by atoms with Crippen LogP contribution in [0.5, 0.6) is 0 Å². The maximum atomic E-state index is 12.1. The Bertz CT molecular complexity index is 423. The van der Waals surface area contributed by atoms with E-state index in [2.05, 4.69) is 44.7 Å². The summed E-state index contributed by atoms with van der Waals surface area (Å²) in [6.45, 7) is 10.9. The van der Waals surface area contributed by atoms with Crippen molar-refractivity contribution in [1.29, 1.82) is 0 Å². The maximum absolute atomic E-state index is 12.1. The second-order valence-electron chi connectivity index (χ2n) is 6.18. The van der Waals surface area contributed by atoms with Crippen molar-refractivity contribution in [2.45, 2.75) is 40.0 Å². The topological polar surface area (TPSA) is 54.9 Å². The number of amides is 1. The van der Waals surface area contributed by atoms with Gasteiger partial charge in [0, 0.05) is 17.3 Å². The van der Waals surface area contributed by atoms with E-state index >= 15 is 0 Å². The molecule has 0 saturated carbocycles. The molecule has 0 atom stereocenters. The Hall–Kier alpha value is -0.490. The smallest absolute Gasteiger partial charge is 0.264 e. The fraction of sp³-hybridized carbons (Fsp3) is 0.750. The highest BCUT2D eigenvalue weighted by Gasteiger charge is 2.27. The van der Waals surface area contributed by atoms with E-state index < -0.39 is 0 Å². The van der Waals surface area contributed by atoms with Crippen LogP contribution in [0.2, 0.25) is 0 Å². The Labute approximate surface area is 121 Å². The number of hydrogen-bond donors (Lipinski definition) is 1. The predicted molar refractivity (Wildman–Crippen MR) is 78.5 cm³/mol. The molecule has 0 spiro atoms. The van der Waals surface area contributed by atoms with Crippen LogP contribution in [0.15, 0.2) is 0 Å². The number of aromatic nitrogens is 2. The van der Waals surface area contributed by atoms with Crippen LogP contribution in [0, 0.1) is 5.41 Å². The van der Waals surface area contributed by atoms with E-state index in [9.17, 15) is 4.79 Å². The summed E-state index contributed by atoms with van der Waals surface area (Å²) in [6.07, 6.45) is 0. The maximum Gasteiger partial charge on any atom is 0.264 e. The summed E-state index contributed by atoms with van der Waals surface area (Å²) in [5.41, 5.74) is 0.641. The molecule has 0 fully saturated rings. The minimum atomic E-state index is -0.162. The highest BCUT2D eigenvalue weighted by atomic mass is 79.9. The van der Waals surface area contributed by atoms with Crippen molar-refractivity contribution in [2.75, 3.05) is 11.9 Å². The van der Waals surface area contributed by atoms with Gasteiger partial charge in [0.1, 0.15) is 4.88 Å². The van der Waals surface area contributed by atoms with Crippen LogP contribution in [0.4, 0.5) is 0 Å². The minimum Gasteiger partial charge on any atom is -0.351 e. The highest BCUT2D eigenvalue weighted by Crippen LogP contribution is 2.26. The molecule has 0 aliphatic rings. The molecule has 1 aromatic heterocycles. The van der Waals surface area contributed by atoms with Gasteiger partial charge >= 0.3 is 0 Å². The van der Waals surface area contributed by atoms with Gasteiger partial charge in [-0.2, -0.15) is 0 Å². The van der Waals surface area contributed by atoms with Crippen molar-refractivity contribution in [3.05, 3.63) is 10.6 Å². The molecule has 0 unspecified atom stereocenters. The number of carbonyl (C=O) groups is 1. The third-order valence-corrected chi connectivity index (χ3v) is 4.74. The second kappa shape index (κ2) is 5.65. The Morgan fingerprint density at radius 2 is 1.94 bits per heavy atom. The van der Waals surface area contributed by atoms with Crippen LogP contribution in [0.3, 0.4) is 0 Å². The van der Waals surface area contributed by atoms with Crippen LogP contribution in [0.1, 0.15) is 50.0 Å². The number of hydrogen-bond acceptors (Lipinski definition) is 4. The normalized spacial score (nSPS) is 12.6. The van der Waals surface area contributed by atoms with Crippen LogP contribution in [0.25, 0.3) is 0 Å². The van der Waals surface area contributed by atoms with E-state index in [0.717, 1.165) is 22.6 Å². The first-order valence-corrected chi connectivity index (χ1v) is 7.74. The third kappa shape index (κ3) is 4.02. The summed E-state index contributed by atoms with van der Waals surface area (Å²) in [5, 5.41) is 7.86. The molecular formula is C12H20BrN3OS. The van der Waals surface area contributed by atoms with Crippen LogP contribution < -0.4 is 5.32 Å². The lowest BCUT2D eigenvalue weighted by molar-refractivity contribution is 0.0942. The van der Waals surface area contributed by atoms with E-state index in [1.165, 1.54) is 0 Å². The zero-order valence-electron chi connectivity index (χ0n) is 11.5. The average molecular weight is 334 g/mol. The summed E-state index contributed by atoms with van der Waals surface area (Å²) < 4.78 is 3.90. The molecule has 1 N–H and O–H groups in total. The van der Waals surface area contributed by atoms with Gasteiger partial charge in [0.2, 0.25) is 0 Å². The lowest BCUT2D eigenvalue weighted by atomic mass is 9.91. The number of alkyl halides is 1. The molecule has 0 aliphatic heterocycles. The molecule has 6 heteroatoms. The van der Waals surface area contributed by atoms with Crippen LogP contribution >= 0.6 is 27.5 Å². The lowest BCUT2D eigenvalue weighted by Crippen LogP contribution is -2.35. The quantitative estimate of drug-likeness (QED) is 0.861. The molecule has 0 aromatic carbocycles. The first-order chi connectivity index (χ1) is 8.17. The molecule has 0 saturated heterocycles. The van der Waals surface area contributed by atoms with Gasteiger partial charge in [-0.1, -0.05) is 55.0 Å². The number of carbonyl (C=O) groups excluding carboxylic acids is 1. The zero-order valence-corrected chi connectivity index (χ0v) is 13.9. The average Bonchev–Trinajstić information content (AvgIpc) is 2.74. The van der Waals surface area contributed by atoms with E-state index in [0.29, 0.717) is 11.4 Å². The van der Waals surface area contributed by atoms with Crippen LogP contribution in [-0.2, 0) is 5.41 Å². The van der Waals surface area contributed by atoms with Crippen molar-refractivity contribution in [2.24, 2.45) is 5.41 Å². The van der Waals surface area contributed by atoms with Crippen molar-refractivity contribution in [3.8, 4) is 0 Å². The van der Waals surface area contributed by atoms with Gasteiger partial charge in [-0.05, 0) is 16.9 Å². The van der Waals surface area contributed by atoms with Gasteiger partial charge in [-0.3, -0.25) is 4.79 Å². The van der Waals surface area contributed by atoms with E-state index in [-0.39, 0.29) is 16.7 Å². The molecule has 0 aliphatic carbocycles. The van der Waals surface area contributed by atoms with Gasteiger partial charge in [0.15, 0.2) is 0 Å². The monoisotopic (exact) mass is 333 g/mol. The number of rotatable bonds is 4. The lowest BCUT2D eigenvalue weighted by Gasteiger charge is -2.22. The molecule has 4 nitrogen and oxygen atoms in total. The molecule has 102 valence electrons. The minimum absolute atomic E-state index is 0.0374. The molecule has 1 rings (SSSR count). The summed E-state index contributed by atoms with van der Waals surface area (Å²) in [4.78, 5) is 12.8. The SMILES string of the molecule is CC(C)(CBr)CNC(=O)c1snnc1C(C)(C)C. The number of nitrogens with one attached hydrogen (secondary N) is 1. The van der Waals surface area contributed by atoms with Crippen molar-refractivity contribution in [1.82, 2.24) is 14.9 Å². The van der Waals surface area contributed by atoms with Crippen LogP contribution in [-0.4, -0.2) is 27.4 Å². The molecule has 1 heterocycles. The van der Waals surface area contributed by atoms with E-state index in [4.69, 9.17) is 0 Å². The Morgan fingerprint density at radius 1 is 1.33 bits per heavy atom. The summed E-state index contributed by atoms with van der Waals surface area (Å²) in [5.74, 6) is -0.0797. The summed E-state index contributed by atoms with van der Waals surface area (Å²) >= 11 is 4.60. The fourth-order valence-corrected chi connectivity index (χ4v) is 2.27. The summed E-state index contributed by atoms with van der Waals surface area (Å²) in [6, 6.07) is 0. The molecule has 0 radical (unpaired) electrons. The molecule has 1 amide bonds. The third-order valence-electron chi connectivity index (χ3n) is 2.49. The largest absolute Gasteiger partial charge is 0.351 e. The highest BCUT2D eigenvalue weighted by molar-refractivity contribution is 9.09. The predicted octanol–water partition coefficient (Wildman–Crippen LogP) is 2.99. The first-order valence-electron chi connectivity index (χ1n) is 5.84. The first kappa shape index (κ1) is 15.6. The molecule has 18 heavy (non-hydrogen) atoms. The van der Waals surface area contributed by atoms with E-state index in [1.54, 1.807) is 0 Å².